The summed E-state index contributed by atoms with van der Waals surface area (Å²) in [6, 6.07) is 17.0. The highest BCUT2D eigenvalue weighted by Crippen LogP contribution is 2.16. The average Bonchev–Trinajstić information content (AvgIpc) is 2.92. The van der Waals surface area contributed by atoms with Gasteiger partial charge in [0.1, 0.15) is 5.69 Å². The second kappa shape index (κ2) is 4.28. The van der Waals surface area contributed by atoms with Crippen molar-refractivity contribution in [2.24, 2.45) is 0 Å². The first kappa shape index (κ1) is 11.8. The van der Waals surface area contributed by atoms with Crippen molar-refractivity contribution in [2.45, 2.75) is 6.92 Å². The molecule has 0 N–H and O–H groups in total. The van der Waals surface area contributed by atoms with E-state index in [0.29, 0.717) is 5.65 Å². The first-order valence-electron chi connectivity index (χ1n) is 6.68. The Balaban J connectivity index is 2.19. The largest absolute Gasteiger partial charge is 0.355 e. The van der Waals surface area contributed by atoms with Crippen molar-refractivity contribution >= 4 is 16.7 Å². The van der Waals surface area contributed by atoms with Crippen LogP contribution in [-0.2, 0) is 0 Å². The molecule has 5 heteroatoms. The summed E-state index contributed by atoms with van der Waals surface area (Å²) in [7, 11) is 0. The summed E-state index contributed by atoms with van der Waals surface area (Å²) in [5, 5.41) is 4.39. The monoisotopic (exact) mass is 276 g/mol. The zero-order valence-corrected chi connectivity index (χ0v) is 11.4. The van der Waals surface area contributed by atoms with Gasteiger partial charge in [-0.15, -0.1) is 0 Å². The summed E-state index contributed by atoms with van der Waals surface area (Å²) in [6.45, 7) is 1.86. The standard InChI is InChI=1S/C16H12N4O/c1-11-15-17-13-9-5-6-10-14(13)19(15)16(21)20(18-11)12-7-3-2-4-8-12/h2-10H,1H3. The Bertz CT molecular complexity index is 1010. The molecule has 5 nitrogen and oxygen atoms in total. The summed E-state index contributed by atoms with van der Waals surface area (Å²) in [5.41, 5.74) is 3.45. The van der Waals surface area contributed by atoms with E-state index in [0.717, 1.165) is 22.4 Å². The first-order valence-corrected chi connectivity index (χ1v) is 6.68. The van der Waals surface area contributed by atoms with Gasteiger partial charge in [0.05, 0.1) is 16.7 Å². The van der Waals surface area contributed by atoms with E-state index in [9.17, 15) is 4.79 Å². The molecule has 0 aliphatic rings. The molecule has 0 aliphatic heterocycles. The second-order valence-corrected chi connectivity index (χ2v) is 4.87. The average molecular weight is 276 g/mol. The molecular formula is C16H12N4O. The van der Waals surface area contributed by atoms with Gasteiger partial charge in [0.2, 0.25) is 0 Å². The van der Waals surface area contributed by atoms with Crippen LogP contribution in [0.15, 0.2) is 59.4 Å². The Labute approximate surface area is 120 Å². The number of rotatable bonds is 1. The van der Waals surface area contributed by atoms with E-state index in [1.54, 1.807) is 4.40 Å². The summed E-state index contributed by atoms with van der Waals surface area (Å²) >= 11 is 0. The highest BCUT2D eigenvalue weighted by Gasteiger charge is 2.13. The number of aromatic nitrogens is 4. The van der Waals surface area contributed by atoms with E-state index < -0.39 is 0 Å². The molecule has 0 bridgehead atoms. The highest BCUT2D eigenvalue weighted by atomic mass is 16.2. The molecule has 0 aliphatic carbocycles. The van der Waals surface area contributed by atoms with Gasteiger partial charge in [-0.1, -0.05) is 30.3 Å². The normalized spacial score (nSPS) is 11.3. The Hall–Kier alpha value is -2.95. The van der Waals surface area contributed by atoms with E-state index >= 15 is 0 Å². The topological polar surface area (TPSA) is 52.2 Å². The Morgan fingerprint density at radius 2 is 1.67 bits per heavy atom. The van der Waals surface area contributed by atoms with Crippen LogP contribution in [0.25, 0.3) is 22.4 Å². The molecule has 2 heterocycles. The molecule has 0 unspecified atom stereocenters. The molecule has 4 rings (SSSR count). The van der Waals surface area contributed by atoms with E-state index in [2.05, 4.69) is 10.1 Å². The lowest BCUT2D eigenvalue weighted by Gasteiger charge is -2.06. The van der Waals surface area contributed by atoms with E-state index in [-0.39, 0.29) is 5.69 Å². The Morgan fingerprint density at radius 1 is 0.952 bits per heavy atom. The fourth-order valence-electron chi connectivity index (χ4n) is 2.53. The van der Waals surface area contributed by atoms with Crippen LogP contribution in [0.1, 0.15) is 5.69 Å². The van der Waals surface area contributed by atoms with Crippen LogP contribution in [0.4, 0.5) is 0 Å². The van der Waals surface area contributed by atoms with Crippen LogP contribution in [0.5, 0.6) is 0 Å². The molecule has 0 atom stereocenters. The lowest BCUT2D eigenvalue weighted by molar-refractivity contribution is 0.736. The summed E-state index contributed by atoms with van der Waals surface area (Å²) < 4.78 is 3.03. The van der Waals surface area contributed by atoms with Crippen LogP contribution in [0.3, 0.4) is 0 Å². The summed E-state index contributed by atoms with van der Waals surface area (Å²) in [5.74, 6) is 0. The highest BCUT2D eigenvalue weighted by molar-refractivity contribution is 5.80. The van der Waals surface area contributed by atoms with Crippen LogP contribution < -0.4 is 5.69 Å². The number of imidazole rings is 1. The number of hydrogen-bond acceptors (Lipinski definition) is 3. The first-order chi connectivity index (χ1) is 10.3. The van der Waals surface area contributed by atoms with E-state index in [1.165, 1.54) is 4.68 Å². The van der Waals surface area contributed by atoms with E-state index in [4.69, 9.17) is 0 Å². The quantitative estimate of drug-likeness (QED) is 0.536. The molecule has 2 aromatic heterocycles. The van der Waals surface area contributed by atoms with Crippen molar-refractivity contribution in [3.8, 4) is 5.69 Å². The Morgan fingerprint density at radius 3 is 2.48 bits per heavy atom. The molecule has 4 aromatic rings. The van der Waals surface area contributed by atoms with Crippen molar-refractivity contribution in [2.75, 3.05) is 0 Å². The maximum atomic E-state index is 12.8. The molecule has 102 valence electrons. The second-order valence-electron chi connectivity index (χ2n) is 4.87. The number of hydrogen-bond donors (Lipinski definition) is 0. The maximum absolute atomic E-state index is 12.8. The van der Waals surface area contributed by atoms with Gasteiger partial charge < -0.3 is 0 Å². The molecule has 0 radical (unpaired) electrons. The van der Waals surface area contributed by atoms with Gasteiger partial charge in [-0.25, -0.2) is 14.2 Å². The van der Waals surface area contributed by atoms with Gasteiger partial charge >= 0.3 is 5.69 Å². The molecule has 2 aromatic carbocycles. The van der Waals surface area contributed by atoms with Crippen LogP contribution >= 0.6 is 0 Å². The number of fused-ring (bicyclic) bond motifs is 3. The zero-order valence-electron chi connectivity index (χ0n) is 11.4. The maximum Gasteiger partial charge on any atom is 0.355 e. The lowest BCUT2D eigenvalue weighted by Crippen LogP contribution is -2.28. The zero-order chi connectivity index (χ0) is 14.4. The fourth-order valence-corrected chi connectivity index (χ4v) is 2.53. The number of aryl methyl sites for hydroxylation is 1. The number of nitrogens with zero attached hydrogens (tertiary/aromatic N) is 4. The van der Waals surface area contributed by atoms with Crippen molar-refractivity contribution in [3.05, 3.63) is 70.8 Å². The van der Waals surface area contributed by atoms with Crippen LogP contribution in [0.2, 0.25) is 0 Å². The van der Waals surface area contributed by atoms with Gasteiger partial charge in [0, 0.05) is 0 Å². The molecule has 0 amide bonds. The smallest absolute Gasteiger partial charge is 0.245 e. The van der Waals surface area contributed by atoms with Crippen molar-refractivity contribution < 1.29 is 0 Å². The molecule has 0 fully saturated rings. The number of benzene rings is 2. The van der Waals surface area contributed by atoms with Gasteiger partial charge in [0.25, 0.3) is 0 Å². The molecule has 21 heavy (non-hydrogen) atoms. The van der Waals surface area contributed by atoms with Crippen molar-refractivity contribution in [1.29, 1.82) is 0 Å². The van der Waals surface area contributed by atoms with Crippen LogP contribution in [0, 0.1) is 6.92 Å². The van der Waals surface area contributed by atoms with Gasteiger partial charge in [-0.05, 0) is 31.2 Å². The minimum Gasteiger partial charge on any atom is -0.245 e. The molecular weight excluding hydrogens is 264 g/mol. The summed E-state index contributed by atoms with van der Waals surface area (Å²) in [6.07, 6.45) is 0. The van der Waals surface area contributed by atoms with Gasteiger partial charge in [-0.3, -0.25) is 0 Å². The minimum absolute atomic E-state index is 0.212. The van der Waals surface area contributed by atoms with Crippen LogP contribution in [-0.4, -0.2) is 19.2 Å². The number of para-hydroxylation sites is 3. The fraction of sp³-hybridized carbons (Fsp3) is 0.0625. The van der Waals surface area contributed by atoms with Crippen molar-refractivity contribution in [1.82, 2.24) is 19.2 Å². The van der Waals surface area contributed by atoms with Crippen molar-refractivity contribution in [3.63, 3.8) is 0 Å². The predicted molar refractivity (Wildman–Crippen MR) is 80.8 cm³/mol. The molecule has 0 spiro atoms. The van der Waals surface area contributed by atoms with E-state index in [1.807, 2.05) is 61.5 Å². The third-order valence-corrected chi connectivity index (χ3v) is 3.51. The van der Waals surface area contributed by atoms with Gasteiger partial charge in [0.15, 0.2) is 5.65 Å². The third-order valence-electron chi connectivity index (χ3n) is 3.51. The summed E-state index contributed by atoms with van der Waals surface area (Å²) in [4.78, 5) is 17.3. The molecule has 0 saturated carbocycles. The van der Waals surface area contributed by atoms with Gasteiger partial charge in [-0.2, -0.15) is 9.78 Å². The SMILES string of the molecule is Cc1nn(-c2ccccc2)c(=O)n2c1nc1ccccc12. The predicted octanol–water partition coefficient (Wildman–Crippen LogP) is 2.34. The molecule has 0 saturated heterocycles. The third kappa shape index (κ3) is 1.67. The Kier molecular flexibility index (Phi) is 2.41. The lowest BCUT2D eigenvalue weighted by atomic mass is 10.3. The minimum atomic E-state index is -0.212.